The number of likely N-dealkylation sites (N-methyl/N-ethyl adjacent to an activating group) is 1. The molecule has 0 unspecified atom stereocenters. The molecule has 110 valence electrons. The monoisotopic (exact) mass is 338 g/mol. The third-order valence-electron chi connectivity index (χ3n) is 4.43. The lowest BCUT2D eigenvalue weighted by atomic mass is 9.96. The van der Waals surface area contributed by atoms with Crippen LogP contribution in [0.3, 0.4) is 0 Å². The third kappa shape index (κ3) is 3.41. The molecular weight excluding hydrogens is 316 g/mol. The van der Waals surface area contributed by atoms with Gasteiger partial charge in [-0.25, -0.2) is 0 Å². The fourth-order valence-electron chi connectivity index (χ4n) is 2.91. The molecule has 0 heterocycles. The van der Waals surface area contributed by atoms with Crippen LogP contribution in [0.4, 0.5) is 0 Å². The first-order valence-electron chi connectivity index (χ1n) is 7.18. The van der Waals surface area contributed by atoms with Gasteiger partial charge in [0, 0.05) is 23.0 Å². The Labute approximate surface area is 129 Å². The summed E-state index contributed by atoms with van der Waals surface area (Å²) in [7, 11) is 4.23. The zero-order valence-electron chi connectivity index (χ0n) is 12.3. The number of carbonyl (C=O) groups is 1. The van der Waals surface area contributed by atoms with Crippen LogP contribution in [0.25, 0.3) is 0 Å². The molecule has 0 atom stereocenters. The summed E-state index contributed by atoms with van der Waals surface area (Å²) in [6.07, 6.45) is 4.85. The quantitative estimate of drug-likeness (QED) is 0.836. The lowest BCUT2D eigenvalue weighted by Gasteiger charge is -2.36. The lowest BCUT2D eigenvalue weighted by Crippen LogP contribution is -2.50. The van der Waals surface area contributed by atoms with Crippen molar-refractivity contribution in [3.8, 4) is 0 Å². The van der Waals surface area contributed by atoms with Gasteiger partial charge in [0.15, 0.2) is 0 Å². The number of amides is 1. The van der Waals surface area contributed by atoms with Crippen LogP contribution in [0.1, 0.15) is 41.6 Å². The number of alkyl halides is 1. The van der Waals surface area contributed by atoms with Crippen LogP contribution in [0.15, 0.2) is 24.3 Å². The van der Waals surface area contributed by atoms with Crippen molar-refractivity contribution in [2.75, 3.05) is 20.6 Å². The minimum Gasteiger partial charge on any atom is -0.350 e. The van der Waals surface area contributed by atoms with Crippen LogP contribution in [0, 0.1) is 0 Å². The van der Waals surface area contributed by atoms with Crippen LogP contribution >= 0.6 is 15.9 Å². The van der Waals surface area contributed by atoms with Gasteiger partial charge in [-0.1, -0.05) is 40.9 Å². The molecule has 1 amide bonds. The smallest absolute Gasteiger partial charge is 0.251 e. The van der Waals surface area contributed by atoms with Crippen molar-refractivity contribution in [2.24, 2.45) is 0 Å². The molecule has 3 nitrogen and oxygen atoms in total. The van der Waals surface area contributed by atoms with Gasteiger partial charge < -0.3 is 10.2 Å². The molecule has 20 heavy (non-hydrogen) atoms. The van der Waals surface area contributed by atoms with Crippen LogP contribution in [-0.2, 0) is 5.33 Å². The first-order chi connectivity index (χ1) is 9.57. The van der Waals surface area contributed by atoms with Crippen LogP contribution in [0.2, 0.25) is 0 Å². The molecule has 0 radical (unpaired) electrons. The zero-order chi connectivity index (χ0) is 14.6. The SMILES string of the molecule is CN(C)C1(CNC(=O)c2ccc(CBr)cc2)CCCC1. The zero-order valence-corrected chi connectivity index (χ0v) is 13.9. The highest BCUT2D eigenvalue weighted by Gasteiger charge is 2.36. The summed E-state index contributed by atoms with van der Waals surface area (Å²) in [5, 5.41) is 3.93. The standard InChI is InChI=1S/C16H23BrN2O/c1-19(2)16(9-3-4-10-16)12-18-15(20)14-7-5-13(11-17)6-8-14/h5-8H,3-4,9-12H2,1-2H3,(H,18,20). The molecule has 1 aliphatic rings. The molecule has 0 spiro atoms. The maximum absolute atomic E-state index is 12.2. The number of hydrogen-bond donors (Lipinski definition) is 1. The Hall–Kier alpha value is -0.870. The van der Waals surface area contributed by atoms with Gasteiger partial charge in [0.05, 0.1) is 0 Å². The fourth-order valence-corrected chi connectivity index (χ4v) is 3.28. The first-order valence-corrected chi connectivity index (χ1v) is 8.30. The van der Waals surface area contributed by atoms with E-state index < -0.39 is 0 Å². The maximum Gasteiger partial charge on any atom is 0.251 e. The maximum atomic E-state index is 12.2. The summed E-state index contributed by atoms with van der Waals surface area (Å²) >= 11 is 3.41. The summed E-state index contributed by atoms with van der Waals surface area (Å²) < 4.78 is 0. The van der Waals surface area contributed by atoms with Crippen molar-refractivity contribution >= 4 is 21.8 Å². The van der Waals surface area contributed by atoms with Crippen molar-refractivity contribution in [2.45, 2.75) is 36.6 Å². The summed E-state index contributed by atoms with van der Waals surface area (Å²) in [6.45, 7) is 0.735. The number of carbonyl (C=O) groups excluding carboxylic acids is 1. The second kappa shape index (κ2) is 6.72. The van der Waals surface area contributed by atoms with Crippen molar-refractivity contribution in [1.29, 1.82) is 0 Å². The first kappa shape index (κ1) is 15.5. The fraction of sp³-hybridized carbons (Fsp3) is 0.562. The van der Waals surface area contributed by atoms with E-state index in [0.717, 1.165) is 17.4 Å². The van der Waals surface area contributed by atoms with Crippen LogP contribution in [0.5, 0.6) is 0 Å². The summed E-state index contributed by atoms with van der Waals surface area (Å²) in [6, 6.07) is 7.76. The largest absolute Gasteiger partial charge is 0.350 e. The number of nitrogens with zero attached hydrogens (tertiary/aromatic N) is 1. The van der Waals surface area contributed by atoms with Crippen molar-refractivity contribution in [1.82, 2.24) is 10.2 Å². The minimum atomic E-state index is 0.0271. The third-order valence-corrected chi connectivity index (χ3v) is 5.08. The number of rotatable bonds is 5. The number of hydrogen-bond acceptors (Lipinski definition) is 2. The van der Waals surface area contributed by atoms with E-state index in [-0.39, 0.29) is 11.4 Å². The molecule has 1 aliphatic carbocycles. The normalized spacial score (nSPS) is 17.4. The summed E-state index contributed by atoms with van der Waals surface area (Å²) in [5.74, 6) is 0.0271. The highest BCUT2D eigenvalue weighted by molar-refractivity contribution is 9.08. The number of benzene rings is 1. The van der Waals surface area contributed by atoms with Crippen LogP contribution < -0.4 is 5.32 Å². The Morgan fingerprint density at radius 3 is 2.35 bits per heavy atom. The molecule has 1 fully saturated rings. The second-order valence-corrected chi connectivity index (χ2v) is 6.40. The molecule has 2 rings (SSSR count). The number of halogens is 1. The van der Waals surface area contributed by atoms with E-state index in [2.05, 4.69) is 40.2 Å². The van der Waals surface area contributed by atoms with E-state index in [9.17, 15) is 4.79 Å². The molecule has 0 saturated heterocycles. The van der Waals surface area contributed by atoms with Gasteiger partial charge in [-0.3, -0.25) is 4.79 Å². The van der Waals surface area contributed by atoms with E-state index in [1.54, 1.807) is 0 Å². The van der Waals surface area contributed by atoms with E-state index in [4.69, 9.17) is 0 Å². The van der Waals surface area contributed by atoms with Gasteiger partial charge in [-0.15, -0.1) is 0 Å². The van der Waals surface area contributed by atoms with E-state index in [1.807, 2.05) is 24.3 Å². The van der Waals surface area contributed by atoms with Crippen molar-refractivity contribution in [3.63, 3.8) is 0 Å². The highest BCUT2D eigenvalue weighted by atomic mass is 79.9. The predicted molar refractivity (Wildman–Crippen MR) is 86.3 cm³/mol. The lowest BCUT2D eigenvalue weighted by molar-refractivity contribution is 0.0900. The summed E-state index contributed by atoms with van der Waals surface area (Å²) in [5.41, 5.74) is 2.06. The Morgan fingerprint density at radius 1 is 1.25 bits per heavy atom. The molecule has 1 aromatic rings. The number of nitrogens with one attached hydrogen (secondary N) is 1. The molecule has 0 aliphatic heterocycles. The van der Waals surface area contributed by atoms with E-state index in [0.29, 0.717) is 0 Å². The molecular formula is C16H23BrN2O. The second-order valence-electron chi connectivity index (χ2n) is 5.84. The van der Waals surface area contributed by atoms with Gasteiger partial charge in [0.2, 0.25) is 0 Å². The Bertz CT molecular complexity index is 450. The van der Waals surface area contributed by atoms with Gasteiger partial charge in [-0.2, -0.15) is 0 Å². The minimum absolute atomic E-state index is 0.0271. The van der Waals surface area contributed by atoms with Gasteiger partial charge in [-0.05, 0) is 44.6 Å². The Morgan fingerprint density at radius 2 is 1.85 bits per heavy atom. The molecule has 0 aromatic heterocycles. The average Bonchev–Trinajstić information content (AvgIpc) is 2.95. The predicted octanol–water partition coefficient (Wildman–Crippen LogP) is 3.19. The molecule has 0 bridgehead atoms. The highest BCUT2D eigenvalue weighted by Crippen LogP contribution is 2.33. The molecule has 1 aromatic carbocycles. The van der Waals surface area contributed by atoms with Gasteiger partial charge in [0.25, 0.3) is 5.91 Å². The van der Waals surface area contributed by atoms with Crippen molar-refractivity contribution < 1.29 is 4.79 Å². The molecule has 1 N–H and O–H groups in total. The summed E-state index contributed by atoms with van der Waals surface area (Å²) in [4.78, 5) is 14.5. The van der Waals surface area contributed by atoms with Gasteiger partial charge >= 0.3 is 0 Å². The molecule has 4 heteroatoms. The van der Waals surface area contributed by atoms with Crippen LogP contribution in [-0.4, -0.2) is 37.0 Å². The Balaban J connectivity index is 1.97. The topological polar surface area (TPSA) is 32.3 Å². The van der Waals surface area contributed by atoms with Crippen molar-refractivity contribution in [3.05, 3.63) is 35.4 Å². The van der Waals surface area contributed by atoms with E-state index in [1.165, 1.54) is 31.2 Å². The van der Waals surface area contributed by atoms with E-state index >= 15 is 0 Å². The average molecular weight is 339 g/mol. The van der Waals surface area contributed by atoms with Gasteiger partial charge in [0.1, 0.15) is 0 Å². The Kier molecular flexibility index (Phi) is 5.22. The molecule has 1 saturated carbocycles.